The number of fused-ring (bicyclic) bond motifs is 1. The summed E-state index contributed by atoms with van der Waals surface area (Å²) < 4.78 is 13.3. The van der Waals surface area contributed by atoms with Crippen LogP contribution in [0.1, 0.15) is 25.2 Å². The van der Waals surface area contributed by atoms with Crippen LogP contribution in [0.4, 0.5) is 5.69 Å². The topological polar surface area (TPSA) is 61.2 Å². The summed E-state index contributed by atoms with van der Waals surface area (Å²) in [5, 5.41) is 8.87. The molecule has 0 saturated carbocycles. The Labute approximate surface area is 147 Å². The van der Waals surface area contributed by atoms with Crippen molar-refractivity contribution in [3.05, 3.63) is 41.9 Å². The average molecular weight is 340 g/mol. The van der Waals surface area contributed by atoms with Crippen LogP contribution in [0.15, 0.2) is 30.5 Å². The average Bonchev–Trinajstić information content (AvgIpc) is 2.91. The second-order valence-corrected chi connectivity index (χ2v) is 5.79. The highest BCUT2D eigenvalue weighted by Crippen LogP contribution is 2.35. The van der Waals surface area contributed by atoms with Crippen LogP contribution in [-0.2, 0) is 13.6 Å². The van der Waals surface area contributed by atoms with E-state index in [9.17, 15) is 0 Å². The second-order valence-electron chi connectivity index (χ2n) is 5.79. The zero-order valence-electron chi connectivity index (χ0n) is 15.2. The molecule has 0 unspecified atom stereocenters. The second kappa shape index (κ2) is 7.42. The van der Waals surface area contributed by atoms with Gasteiger partial charge >= 0.3 is 0 Å². The number of ether oxygens (including phenoxy) is 2. The summed E-state index contributed by atoms with van der Waals surface area (Å²) in [5.74, 6) is 1.47. The molecule has 0 aliphatic carbocycles. The molecular formula is C19H24N4O2. The number of benzene rings is 1. The number of aromatic nitrogens is 3. The molecule has 0 spiro atoms. The first-order valence-electron chi connectivity index (χ1n) is 8.54. The highest BCUT2D eigenvalue weighted by atomic mass is 16.5. The molecule has 1 aromatic carbocycles. The molecule has 0 atom stereocenters. The first-order chi connectivity index (χ1) is 12.1. The number of anilines is 1. The zero-order chi connectivity index (χ0) is 17.8. The van der Waals surface area contributed by atoms with E-state index >= 15 is 0 Å². The van der Waals surface area contributed by atoms with Crippen molar-refractivity contribution in [2.75, 3.05) is 18.5 Å². The van der Waals surface area contributed by atoms with Crippen molar-refractivity contribution in [3.63, 3.8) is 0 Å². The van der Waals surface area contributed by atoms with Crippen molar-refractivity contribution in [1.29, 1.82) is 0 Å². The molecular weight excluding hydrogens is 316 g/mol. The van der Waals surface area contributed by atoms with E-state index in [1.54, 1.807) is 6.20 Å². The molecule has 0 saturated heterocycles. The molecule has 3 rings (SSSR count). The predicted molar refractivity (Wildman–Crippen MR) is 99.4 cm³/mol. The largest absolute Gasteiger partial charge is 0.490 e. The molecule has 0 aliphatic heterocycles. The molecule has 132 valence electrons. The lowest BCUT2D eigenvalue weighted by atomic mass is 10.1. The fourth-order valence-corrected chi connectivity index (χ4v) is 2.86. The normalized spacial score (nSPS) is 10.9. The molecule has 1 N–H and O–H groups in total. The van der Waals surface area contributed by atoms with Crippen LogP contribution in [0.25, 0.3) is 10.9 Å². The Kier molecular flexibility index (Phi) is 5.07. The third-order valence-corrected chi connectivity index (χ3v) is 3.97. The smallest absolute Gasteiger partial charge is 0.163 e. The van der Waals surface area contributed by atoms with Crippen molar-refractivity contribution in [2.24, 2.45) is 7.05 Å². The molecule has 0 radical (unpaired) electrons. The molecule has 2 aromatic heterocycles. The maximum Gasteiger partial charge on any atom is 0.163 e. The van der Waals surface area contributed by atoms with Gasteiger partial charge in [-0.15, -0.1) is 0 Å². The minimum atomic E-state index is 0.586. The minimum Gasteiger partial charge on any atom is -0.490 e. The van der Waals surface area contributed by atoms with Crippen molar-refractivity contribution >= 4 is 16.6 Å². The van der Waals surface area contributed by atoms with Gasteiger partial charge in [0.05, 0.1) is 36.7 Å². The number of aryl methyl sites for hydroxylation is 2. The van der Waals surface area contributed by atoms with Crippen LogP contribution in [0.2, 0.25) is 0 Å². The summed E-state index contributed by atoms with van der Waals surface area (Å²) in [7, 11) is 1.95. The zero-order valence-corrected chi connectivity index (χ0v) is 15.2. The lowest BCUT2D eigenvalue weighted by molar-refractivity contribution is 0.288. The molecule has 25 heavy (non-hydrogen) atoms. The molecule has 3 aromatic rings. The Morgan fingerprint density at radius 1 is 1.08 bits per heavy atom. The van der Waals surface area contributed by atoms with Gasteiger partial charge < -0.3 is 14.8 Å². The van der Waals surface area contributed by atoms with Gasteiger partial charge in [-0.3, -0.25) is 9.67 Å². The summed E-state index contributed by atoms with van der Waals surface area (Å²) in [4.78, 5) is 4.47. The highest BCUT2D eigenvalue weighted by molar-refractivity contribution is 5.93. The van der Waals surface area contributed by atoms with Gasteiger partial charge in [-0.25, -0.2) is 0 Å². The van der Waals surface area contributed by atoms with E-state index in [4.69, 9.17) is 9.47 Å². The standard InChI is InChI=1S/C19H24N4O2/c1-5-24-18-10-15-16(21-12-14-9-13(3)22-23(14)4)7-8-20-17(15)11-19(18)25-6-2/h7-11H,5-6,12H2,1-4H3,(H,20,21). The maximum absolute atomic E-state index is 5.74. The molecule has 0 bridgehead atoms. The summed E-state index contributed by atoms with van der Waals surface area (Å²) in [5.41, 5.74) is 4.02. The van der Waals surface area contributed by atoms with E-state index in [1.807, 2.05) is 50.7 Å². The third kappa shape index (κ3) is 3.68. The van der Waals surface area contributed by atoms with E-state index in [0.29, 0.717) is 19.8 Å². The predicted octanol–water partition coefficient (Wildman–Crippen LogP) is 3.69. The van der Waals surface area contributed by atoms with Gasteiger partial charge in [-0.2, -0.15) is 5.10 Å². The van der Waals surface area contributed by atoms with Gasteiger partial charge in [0.25, 0.3) is 0 Å². The van der Waals surface area contributed by atoms with Crippen molar-refractivity contribution < 1.29 is 9.47 Å². The van der Waals surface area contributed by atoms with E-state index < -0.39 is 0 Å². The van der Waals surface area contributed by atoms with Crippen molar-refractivity contribution in [2.45, 2.75) is 27.3 Å². The molecule has 6 heteroatoms. The number of hydrogen-bond acceptors (Lipinski definition) is 5. The summed E-state index contributed by atoms with van der Waals surface area (Å²) in [6.07, 6.45) is 1.80. The Balaban J connectivity index is 1.94. The number of rotatable bonds is 7. The fraction of sp³-hybridized carbons (Fsp3) is 0.368. The summed E-state index contributed by atoms with van der Waals surface area (Å²) in [6, 6.07) is 7.98. The van der Waals surface area contributed by atoms with E-state index in [0.717, 1.165) is 39.5 Å². The Morgan fingerprint density at radius 2 is 1.80 bits per heavy atom. The van der Waals surface area contributed by atoms with Crippen LogP contribution >= 0.6 is 0 Å². The lowest BCUT2D eigenvalue weighted by Crippen LogP contribution is -2.06. The van der Waals surface area contributed by atoms with Crippen LogP contribution in [-0.4, -0.2) is 28.0 Å². The summed E-state index contributed by atoms with van der Waals surface area (Å²) >= 11 is 0. The van der Waals surface area contributed by atoms with Gasteiger partial charge in [-0.1, -0.05) is 0 Å². The van der Waals surface area contributed by atoms with Crippen molar-refractivity contribution in [3.8, 4) is 11.5 Å². The molecule has 0 amide bonds. The number of hydrogen-bond donors (Lipinski definition) is 1. The van der Waals surface area contributed by atoms with E-state index in [1.165, 1.54) is 0 Å². The Hall–Kier alpha value is -2.76. The van der Waals surface area contributed by atoms with E-state index in [2.05, 4.69) is 21.5 Å². The Morgan fingerprint density at radius 3 is 2.44 bits per heavy atom. The fourth-order valence-electron chi connectivity index (χ4n) is 2.86. The quantitative estimate of drug-likeness (QED) is 0.711. The number of pyridine rings is 1. The van der Waals surface area contributed by atoms with Crippen molar-refractivity contribution in [1.82, 2.24) is 14.8 Å². The maximum atomic E-state index is 5.74. The first kappa shape index (κ1) is 17.1. The Bertz CT molecular complexity index is 873. The molecule has 2 heterocycles. The summed E-state index contributed by atoms with van der Waals surface area (Å²) in [6.45, 7) is 7.78. The SMILES string of the molecule is CCOc1cc2nccc(NCc3cc(C)nn3C)c2cc1OCC. The van der Waals surface area contributed by atoms with Crippen LogP contribution < -0.4 is 14.8 Å². The van der Waals surface area contributed by atoms with E-state index in [-0.39, 0.29) is 0 Å². The minimum absolute atomic E-state index is 0.586. The van der Waals surface area contributed by atoms with Gasteiger partial charge in [0, 0.05) is 30.4 Å². The van der Waals surface area contributed by atoms with Crippen LogP contribution in [0.3, 0.4) is 0 Å². The molecule has 6 nitrogen and oxygen atoms in total. The monoisotopic (exact) mass is 340 g/mol. The van der Waals surface area contributed by atoms with Gasteiger partial charge in [0.1, 0.15) is 0 Å². The third-order valence-electron chi connectivity index (χ3n) is 3.97. The first-order valence-corrected chi connectivity index (χ1v) is 8.54. The number of nitrogens with one attached hydrogen (secondary N) is 1. The molecule has 0 fully saturated rings. The van der Waals surface area contributed by atoms with Gasteiger partial charge in [0.15, 0.2) is 11.5 Å². The molecule has 0 aliphatic rings. The van der Waals surface area contributed by atoms with Gasteiger partial charge in [-0.05, 0) is 39.0 Å². The highest BCUT2D eigenvalue weighted by Gasteiger charge is 2.11. The van der Waals surface area contributed by atoms with Crippen LogP contribution in [0.5, 0.6) is 11.5 Å². The number of nitrogens with zero attached hydrogens (tertiary/aromatic N) is 3. The van der Waals surface area contributed by atoms with Gasteiger partial charge in [0.2, 0.25) is 0 Å². The van der Waals surface area contributed by atoms with Crippen LogP contribution in [0, 0.1) is 6.92 Å². The lowest BCUT2D eigenvalue weighted by Gasteiger charge is -2.14.